The Kier molecular flexibility index (Phi) is 5.08. The van der Waals surface area contributed by atoms with Gasteiger partial charge >= 0.3 is 0 Å². The van der Waals surface area contributed by atoms with Gasteiger partial charge in [-0.05, 0) is 24.1 Å². The molecule has 1 aromatic rings. The van der Waals surface area contributed by atoms with Crippen LogP contribution in [0.4, 0.5) is 0 Å². The zero-order valence-corrected chi connectivity index (χ0v) is 10.5. The largest absolute Gasteiger partial charge is 0.493 e. The molecule has 0 heterocycles. The Bertz CT molecular complexity index is 428. The van der Waals surface area contributed by atoms with Crippen LogP contribution in [0.15, 0.2) is 12.1 Å². The zero-order valence-electron chi connectivity index (χ0n) is 9.74. The van der Waals surface area contributed by atoms with Crippen LogP contribution in [0.5, 0.6) is 11.5 Å². The minimum atomic E-state index is -0.568. The van der Waals surface area contributed by atoms with Crippen molar-refractivity contribution in [2.75, 3.05) is 7.11 Å². The fourth-order valence-corrected chi connectivity index (χ4v) is 1.60. The van der Waals surface area contributed by atoms with Crippen molar-refractivity contribution in [2.24, 2.45) is 0 Å². The summed E-state index contributed by atoms with van der Waals surface area (Å²) in [5, 5.41) is 18.2. The van der Waals surface area contributed by atoms with Crippen molar-refractivity contribution in [1.82, 2.24) is 0 Å². The maximum Gasteiger partial charge on any atom is 0.184 e. The fourth-order valence-electron chi connectivity index (χ4n) is 1.32. The van der Waals surface area contributed by atoms with E-state index in [4.69, 9.17) is 31.4 Å². The molecule has 17 heavy (non-hydrogen) atoms. The highest BCUT2D eigenvalue weighted by Crippen LogP contribution is 2.37. The second-order valence-corrected chi connectivity index (χ2v) is 3.82. The highest BCUT2D eigenvalue weighted by Gasteiger charge is 2.15. The number of nitriles is 1. The fraction of sp³-hybridized carbons (Fsp3) is 0.417. The zero-order chi connectivity index (χ0) is 12.8. The molecule has 0 spiro atoms. The van der Waals surface area contributed by atoms with E-state index in [0.717, 1.165) is 0 Å². The molecule has 0 saturated carbocycles. The third-order valence-corrected chi connectivity index (χ3v) is 2.53. The molecule has 1 rings (SSSR count). The van der Waals surface area contributed by atoms with E-state index in [2.05, 4.69) is 0 Å². The van der Waals surface area contributed by atoms with Crippen LogP contribution >= 0.6 is 11.6 Å². The summed E-state index contributed by atoms with van der Waals surface area (Å²) < 4.78 is 10.6. The van der Waals surface area contributed by atoms with E-state index in [0.29, 0.717) is 28.5 Å². The molecule has 1 unspecified atom stereocenters. The van der Waals surface area contributed by atoms with Gasteiger partial charge in [0.05, 0.1) is 18.7 Å². The topological polar surface area (TPSA) is 62.5 Å². The number of hydrogen-bond acceptors (Lipinski definition) is 4. The predicted octanol–water partition coefficient (Wildman–Crippen LogP) is 2.52. The minimum absolute atomic E-state index is 0.133. The monoisotopic (exact) mass is 255 g/mol. The van der Waals surface area contributed by atoms with Crippen LogP contribution in [-0.4, -0.2) is 18.3 Å². The van der Waals surface area contributed by atoms with E-state index in [1.54, 1.807) is 12.1 Å². The smallest absolute Gasteiger partial charge is 0.184 e. The van der Waals surface area contributed by atoms with Crippen molar-refractivity contribution in [1.29, 1.82) is 5.26 Å². The lowest BCUT2D eigenvalue weighted by Crippen LogP contribution is -2.13. The number of halogens is 1. The van der Waals surface area contributed by atoms with Crippen LogP contribution < -0.4 is 9.47 Å². The number of rotatable bonds is 5. The van der Waals surface area contributed by atoms with Gasteiger partial charge in [-0.2, -0.15) is 5.26 Å². The van der Waals surface area contributed by atoms with Crippen LogP contribution in [0, 0.1) is 11.3 Å². The average Bonchev–Trinajstić information content (AvgIpc) is 2.36. The first kappa shape index (κ1) is 13.6. The van der Waals surface area contributed by atoms with E-state index in [9.17, 15) is 0 Å². The Hall–Kier alpha value is -1.44. The van der Waals surface area contributed by atoms with E-state index in [1.807, 2.05) is 13.0 Å². The molecule has 0 fully saturated rings. The van der Waals surface area contributed by atoms with E-state index < -0.39 is 6.10 Å². The van der Waals surface area contributed by atoms with Gasteiger partial charge in [0, 0.05) is 0 Å². The summed E-state index contributed by atoms with van der Waals surface area (Å²) in [4.78, 5) is 0. The number of methoxy groups -OCH3 is 1. The van der Waals surface area contributed by atoms with E-state index in [-0.39, 0.29) is 6.61 Å². The minimum Gasteiger partial charge on any atom is -0.493 e. The first-order chi connectivity index (χ1) is 8.15. The predicted molar refractivity (Wildman–Crippen MR) is 64.2 cm³/mol. The summed E-state index contributed by atoms with van der Waals surface area (Å²) in [5.41, 5.74) is 0.629. The number of hydrogen-bond donors (Lipinski definition) is 1. The third-order valence-electron chi connectivity index (χ3n) is 2.25. The van der Waals surface area contributed by atoms with Crippen LogP contribution in [0.2, 0.25) is 5.02 Å². The summed E-state index contributed by atoms with van der Waals surface area (Å²) in [6.45, 7) is 1.71. The summed E-state index contributed by atoms with van der Waals surface area (Å²) >= 11 is 6.02. The Morgan fingerprint density at radius 1 is 1.53 bits per heavy atom. The van der Waals surface area contributed by atoms with Gasteiger partial charge in [0.1, 0.15) is 6.07 Å². The van der Waals surface area contributed by atoms with Gasteiger partial charge < -0.3 is 14.6 Å². The third kappa shape index (κ3) is 3.26. The Morgan fingerprint density at radius 3 is 2.71 bits per heavy atom. The molecule has 0 bridgehead atoms. The molecule has 5 heteroatoms. The summed E-state index contributed by atoms with van der Waals surface area (Å²) in [6, 6.07) is 5.24. The quantitative estimate of drug-likeness (QED) is 0.878. The normalized spacial score (nSPS) is 11.7. The van der Waals surface area contributed by atoms with Gasteiger partial charge in [-0.3, -0.25) is 0 Å². The number of aliphatic hydroxyl groups excluding tert-OH is 1. The molecular formula is C12H14ClNO3. The van der Waals surface area contributed by atoms with Gasteiger partial charge in [0.2, 0.25) is 0 Å². The second kappa shape index (κ2) is 6.33. The first-order valence-electron chi connectivity index (χ1n) is 5.19. The van der Waals surface area contributed by atoms with Gasteiger partial charge in [0.25, 0.3) is 0 Å². The van der Waals surface area contributed by atoms with Crippen molar-refractivity contribution in [3.63, 3.8) is 0 Å². The standard InChI is InChI=1S/C12H14ClNO3/c1-3-9(6-14)17-12-10(13)4-8(7-15)5-11(12)16-2/h4-5,9,15H,3,7H2,1-2H3. The molecule has 0 aliphatic rings. The van der Waals surface area contributed by atoms with Crippen molar-refractivity contribution in [3.05, 3.63) is 22.7 Å². The van der Waals surface area contributed by atoms with Gasteiger partial charge in [-0.15, -0.1) is 0 Å². The summed E-state index contributed by atoms with van der Waals surface area (Å²) in [7, 11) is 1.48. The Labute approximate surface area is 105 Å². The lowest BCUT2D eigenvalue weighted by Gasteiger charge is -2.16. The number of aliphatic hydroxyl groups is 1. The molecule has 92 valence electrons. The lowest BCUT2D eigenvalue weighted by molar-refractivity contribution is 0.238. The van der Waals surface area contributed by atoms with Crippen LogP contribution in [0.1, 0.15) is 18.9 Å². The van der Waals surface area contributed by atoms with Gasteiger partial charge in [-0.1, -0.05) is 18.5 Å². The number of benzene rings is 1. The maximum atomic E-state index is 9.04. The summed E-state index contributed by atoms with van der Waals surface area (Å²) in [5.74, 6) is 0.745. The second-order valence-electron chi connectivity index (χ2n) is 3.41. The van der Waals surface area contributed by atoms with Gasteiger partial charge in [0.15, 0.2) is 17.6 Å². The Balaban J connectivity index is 3.10. The molecule has 0 saturated heterocycles. The van der Waals surface area contributed by atoms with Crippen LogP contribution in [0.25, 0.3) is 0 Å². The van der Waals surface area contributed by atoms with Crippen molar-refractivity contribution >= 4 is 11.6 Å². The molecule has 1 N–H and O–H groups in total. The van der Waals surface area contributed by atoms with E-state index >= 15 is 0 Å². The molecule has 4 nitrogen and oxygen atoms in total. The molecule has 0 aliphatic heterocycles. The van der Waals surface area contributed by atoms with E-state index in [1.165, 1.54) is 7.11 Å². The van der Waals surface area contributed by atoms with Crippen molar-refractivity contribution < 1.29 is 14.6 Å². The maximum absolute atomic E-state index is 9.04. The highest BCUT2D eigenvalue weighted by molar-refractivity contribution is 6.32. The molecule has 0 amide bonds. The SMILES string of the molecule is CCC(C#N)Oc1c(Cl)cc(CO)cc1OC. The molecule has 0 aliphatic carbocycles. The average molecular weight is 256 g/mol. The van der Waals surface area contributed by atoms with Crippen LogP contribution in [0.3, 0.4) is 0 Å². The molecular weight excluding hydrogens is 242 g/mol. The number of ether oxygens (including phenoxy) is 2. The van der Waals surface area contributed by atoms with Crippen molar-refractivity contribution in [2.45, 2.75) is 26.1 Å². The first-order valence-corrected chi connectivity index (χ1v) is 5.57. The van der Waals surface area contributed by atoms with Crippen molar-refractivity contribution in [3.8, 4) is 17.6 Å². The lowest BCUT2D eigenvalue weighted by atomic mass is 10.2. The van der Waals surface area contributed by atoms with Crippen LogP contribution in [-0.2, 0) is 6.61 Å². The highest BCUT2D eigenvalue weighted by atomic mass is 35.5. The molecule has 1 atom stereocenters. The molecule has 0 aromatic heterocycles. The van der Waals surface area contributed by atoms with Gasteiger partial charge in [-0.25, -0.2) is 0 Å². The molecule has 1 aromatic carbocycles. The Morgan fingerprint density at radius 2 is 2.24 bits per heavy atom. The number of nitrogens with zero attached hydrogens (tertiary/aromatic N) is 1. The summed E-state index contributed by atoms with van der Waals surface area (Å²) in [6.07, 6.45) is -0.0149. The molecule has 0 radical (unpaired) electrons.